The number of nitrogens with one attached hydrogen (secondary N) is 1. The van der Waals surface area contributed by atoms with Crippen LogP contribution in [0.4, 0.5) is 0 Å². The Labute approximate surface area is 116 Å². The fraction of sp³-hybridized carbons (Fsp3) is 1.00. The smallest absolute Gasteiger partial charge is 0.0509 e. The molecule has 0 aliphatic heterocycles. The summed E-state index contributed by atoms with van der Waals surface area (Å²) in [6.45, 7) is 12.2. The molecular weight excluding hydrogens is 242 g/mol. The maximum atomic E-state index is 12.7. The molecule has 0 bridgehead atoms. The van der Waals surface area contributed by atoms with Crippen molar-refractivity contribution >= 4 is 10.8 Å². The molecule has 4 unspecified atom stereocenters. The summed E-state index contributed by atoms with van der Waals surface area (Å²) < 4.78 is 12.7. The standard InChI is InChI=1S/C15H31NOS/c1-6-11-16-14-13(18(17)12(3)7-2)9-8-10-15(14,4)5/h12-14,16H,6-11H2,1-5H3. The lowest BCUT2D eigenvalue weighted by Crippen LogP contribution is -2.55. The molecule has 0 heterocycles. The minimum atomic E-state index is -0.694. The fourth-order valence-corrected chi connectivity index (χ4v) is 5.06. The van der Waals surface area contributed by atoms with Crippen LogP contribution in [0.2, 0.25) is 0 Å². The molecule has 1 N–H and O–H groups in total. The summed E-state index contributed by atoms with van der Waals surface area (Å²) in [5.41, 5.74) is 0.279. The van der Waals surface area contributed by atoms with Crippen LogP contribution in [-0.2, 0) is 10.8 Å². The van der Waals surface area contributed by atoms with E-state index in [2.05, 4.69) is 39.9 Å². The minimum absolute atomic E-state index is 0.279. The summed E-state index contributed by atoms with van der Waals surface area (Å²) >= 11 is 0. The zero-order chi connectivity index (χ0) is 13.8. The highest BCUT2D eigenvalue weighted by Gasteiger charge is 2.41. The van der Waals surface area contributed by atoms with E-state index in [1.54, 1.807) is 0 Å². The van der Waals surface area contributed by atoms with E-state index in [0.717, 1.165) is 25.8 Å². The van der Waals surface area contributed by atoms with Crippen molar-refractivity contribution < 1.29 is 4.21 Å². The van der Waals surface area contributed by atoms with Gasteiger partial charge < -0.3 is 5.32 Å². The number of hydrogen-bond acceptors (Lipinski definition) is 2. The fourth-order valence-electron chi connectivity index (χ4n) is 3.00. The van der Waals surface area contributed by atoms with Crippen molar-refractivity contribution in [1.29, 1.82) is 0 Å². The van der Waals surface area contributed by atoms with E-state index in [0.29, 0.717) is 16.5 Å². The molecule has 4 atom stereocenters. The van der Waals surface area contributed by atoms with Crippen LogP contribution in [-0.4, -0.2) is 27.3 Å². The first-order chi connectivity index (χ1) is 8.44. The topological polar surface area (TPSA) is 29.1 Å². The maximum Gasteiger partial charge on any atom is 0.0509 e. The lowest BCUT2D eigenvalue weighted by Gasteiger charge is -2.44. The average Bonchev–Trinajstić information content (AvgIpc) is 2.34. The van der Waals surface area contributed by atoms with Crippen LogP contribution in [0.15, 0.2) is 0 Å². The van der Waals surface area contributed by atoms with Gasteiger partial charge in [0, 0.05) is 22.1 Å². The van der Waals surface area contributed by atoms with Gasteiger partial charge in [0.25, 0.3) is 0 Å². The van der Waals surface area contributed by atoms with E-state index < -0.39 is 10.8 Å². The van der Waals surface area contributed by atoms with E-state index in [4.69, 9.17) is 0 Å². The highest BCUT2D eigenvalue weighted by molar-refractivity contribution is 7.86. The van der Waals surface area contributed by atoms with E-state index in [1.807, 2.05) is 0 Å². The Morgan fingerprint density at radius 3 is 2.61 bits per heavy atom. The lowest BCUT2D eigenvalue weighted by atomic mass is 9.73. The van der Waals surface area contributed by atoms with Crippen molar-refractivity contribution in [2.45, 2.75) is 83.3 Å². The monoisotopic (exact) mass is 273 g/mol. The summed E-state index contributed by atoms with van der Waals surface area (Å²) in [6.07, 6.45) is 5.77. The van der Waals surface area contributed by atoms with Crippen LogP contribution >= 0.6 is 0 Å². The van der Waals surface area contributed by atoms with Crippen molar-refractivity contribution in [3.63, 3.8) is 0 Å². The second-order valence-electron chi connectivity index (χ2n) is 6.40. The Balaban J connectivity index is 2.81. The zero-order valence-electron chi connectivity index (χ0n) is 12.8. The van der Waals surface area contributed by atoms with Crippen LogP contribution in [0.1, 0.15) is 66.7 Å². The van der Waals surface area contributed by atoms with Gasteiger partial charge in [0.05, 0.1) is 5.25 Å². The highest BCUT2D eigenvalue weighted by atomic mass is 32.2. The van der Waals surface area contributed by atoms with Gasteiger partial charge in [-0.1, -0.05) is 41.0 Å². The normalized spacial score (nSPS) is 30.9. The molecule has 1 aliphatic carbocycles. The van der Waals surface area contributed by atoms with Crippen LogP contribution in [0.3, 0.4) is 0 Å². The summed E-state index contributed by atoms with van der Waals surface area (Å²) in [5, 5.41) is 4.35. The Morgan fingerprint density at radius 1 is 1.39 bits per heavy atom. The molecule has 2 nitrogen and oxygen atoms in total. The minimum Gasteiger partial charge on any atom is -0.312 e. The molecule has 1 fully saturated rings. The van der Waals surface area contributed by atoms with Gasteiger partial charge >= 0.3 is 0 Å². The third-order valence-corrected chi connectivity index (χ3v) is 6.64. The molecule has 1 saturated carbocycles. The highest BCUT2D eigenvalue weighted by Crippen LogP contribution is 2.38. The Hall–Kier alpha value is 0.110. The van der Waals surface area contributed by atoms with Gasteiger partial charge in [0.2, 0.25) is 0 Å². The first-order valence-corrected chi connectivity index (χ1v) is 8.84. The van der Waals surface area contributed by atoms with Gasteiger partial charge in [0.15, 0.2) is 0 Å². The summed E-state index contributed by atoms with van der Waals surface area (Å²) in [7, 11) is -0.694. The first-order valence-electron chi connectivity index (χ1n) is 7.56. The van der Waals surface area contributed by atoms with Crippen LogP contribution in [0.25, 0.3) is 0 Å². The van der Waals surface area contributed by atoms with Gasteiger partial charge in [-0.2, -0.15) is 0 Å². The molecule has 0 aromatic rings. The second kappa shape index (κ2) is 7.04. The van der Waals surface area contributed by atoms with Crippen LogP contribution < -0.4 is 5.32 Å². The quantitative estimate of drug-likeness (QED) is 0.803. The molecule has 0 spiro atoms. The molecule has 0 radical (unpaired) electrons. The zero-order valence-corrected chi connectivity index (χ0v) is 13.6. The van der Waals surface area contributed by atoms with Gasteiger partial charge in [0.1, 0.15) is 0 Å². The van der Waals surface area contributed by atoms with Gasteiger partial charge in [-0.15, -0.1) is 0 Å². The lowest BCUT2D eigenvalue weighted by molar-refractivity contribution is 0.172. The molecule has 1 aliphatic rings. The van der Waals surface area contributed by atoms with Crippen LogP contribution in [0.5, 0.6) is 0 Å². The van der Waals surface area contributed by atoms with Crippen molar-refractivity contribution in [3.05, 3.63) is 0 Å². The molecular formula is C15H31NOS. The number of rotatable bonds is 6. The summed E-state index contributed by atoms with van der Waals surface area (Å²) in [6, 6.07) is 0.418. The van der Waals surface area contributed by atoms with Crippen LogP contribution in [0, 0.1) is 5.41 Å². The first kappa shape index (κ1) is 16.2. The van der Waals surface area contributed by atoms with Gasteiger partial charge in [-0.25, -0.2) is 0 Å². The Bertz CT molecular complexity index is 278. The molecule has 18 heavy (non-hydrogen) atoms. The summed E-state index contributed by atoms with van der Waals surface area (Å²) in [4.78, 5) is 0. The second-order valence-corrected chi connectivity index (χ2v) is 8.47. The summed E-state index contributed by atoms with van der Waals surface area (Å²) in [5.74, 6) is 0. The molecule has 0 aromatic heterocycles. The molecule has 1 rings (SSSR count). The molecule has 0 amide bonds. The predicted molar refractivity (Wildman–Crippen MR) is 81.4 cm³/mol. The van der Waals surface area contributed by atoms with E-state index in [1.165, 1.54) is 12.8 Å². The molecule has 0 saturated heterocycles. The van der Waals surface area contributed by atoms with Gasteiger partial charge in [-0.05, 0) is 37.6 Å². The molecule has 108 valence electrons. The van der Waals surface area contributed by atoms with Crippen molar-refractivity contribution in [2.75, 3.05) is 6.54 Å². The van der Waals surface area contributed by atoms with Crippen molar-refractivity contribution in [2.24, 2.45) is 5.41 Å². The van der Waals surface area contributed by atoms with E-state index in [-0.39, 0.29) is 5.41 Å². The Kier molecular flexibility index (Phi) is 6.32. The largest absolute Gasteiger partial charge is 0.312 e. The van der Waals surface area contributed by atoms with E-state index in [9.17, 15) is 4.21 Å². The Morgan fingerprint density at radius 2 is 2.06 bits per heavy atom. The van der Waals surface area contributed by atoms with E-state index >= 15 is 0 Å². The third kappa shape index (κ3) is 3.80. The van der Waals surface area contributed by atoms with Crippen molar-refractivity contribution in [3.8, 4) is 0 Å². The number of hydrogen-bond donors (Lipinski definition) is 1. The van der Waals surface area contributed by atoms with Crippen molar-refractivity contribution in [1.82, 2.24) is 5.32 Å². The average molecular weight is 273 g/mol. The molecule has 3 heteroatoms. The molecule has 0 aromatic carbocycles. The maximum absolute atomic E-state index is 12.7. The third-order valence-electron chi connectivity index (χ3n) is 4.41. The predicted octanol–water partition coefficient (Wildman–Crippen LogP) is 3.48. The van der Waals surface area contributed by atoms with Gasteiger partial charge in [-0.3, -0.25) is 4.21 Å². The SMILES string of the molecule is CCCNC1C(S(=O)C(C)CC)CCCC1(C)C.